The number of esters is 1. The summed E-state index contributed by atoms with van der Waals surface area (Å²) in [6.07, 6.45) is 3.47. The van der Waals surface area contributed by atoms with E-state index in [1.165, 1.54) is 0 Å². The van der Waals surface area contributed by atoms with E-state index in [1.54, 1.807) is 6.33 Å². The number of likely N-dealkylation sites (tertiary alicyclic amines) is 1. The molecule has 0 N–H and O–H groups in total. The van der Waals surface area contributed by atoms with Crippen LogP contribution in [0.15, 0.2) is 6.33 Å². The highest BCUT2D eigenvalue weighted by Crippen LogP contribution is 2.20. The smallest absolute Gasteiger partial charge is 0.323 e. The molecule has 1 aromatic rings. The Balaban J connectivity index is 2.01. The molecule has 1 aromatic heterocycles. The summed E-state index contributed by atoms with van der Waals surface area (Å²) >= 11 is 0. The number of hydrogen-bond acceptors (Lipinski definition) is 5. The van der Waals surface area contributed by atoms with Gasteiger partial charge in [0.25, 0.3) is 0 Å². The standard InChI is InChI=1S/C12H20N4O2/c1-3-16-11(13-9-14-16)8-15-7-5-6-10(15)12(17)18-4-2/h9-10H,3-8H2,1-2H3. The highest BCUT2D eigenvalue weighted by atomic mass is 16.5. The molecular weight excluding hydrogens is 232 g/mol. The third-order valence-corrected chi connectivity index (χ3v) is 3.26. The van der Waals surface area contributed by atoms with Gasteiger partial charge in [0.2, 0.25) is 0 Å². The van der Waals surface area contributed by atoms with Gasteiger partial charge in [-0.1, -0.05) is 0 Å². The minimum absolute atomic E-state index is 0.113. The lowest BCUT2D eigenvalue weighted by atomic mass is 10.2. The molecule has 18 heavy (non-hydrogen) atoms. The molecule has 0 aromatic carbocycles. The molecule has 0 amide bonds. The van der Waals surface area contributed by atoms with Gasteiger partial charge in [0.05, 0.1) is 13.2 Å². The molecule has 0 aliphatic carbocycles. The van der Waals surface area contributed by atoms with Gasteiger partial charge in [-0.05, 0) is 33.2 Å². The van der Waals surface area contributed by atoms with E-state index in [4.69, 9.17) is 4.74 Å². The zero-order chi connectivity index (χ0) is 13.0. The quantitative estimate of drug-likeness (QED) is 0.726. The predicted octanol–water partition coefficient (Wildman–Crippen LogP) is 0.825. The second-order valence-corrected chi connectivity index (χ2v) is 4.37. The third kappa shape index (κ3) is 2.69. The van der Waals surface area contributed by atoms with Crippen molar-refractivity contribution < 1.29 is 9.53 Å². The maximum absolute atomic E-state index is 11.8. The topological polar surface area (TPSA) is 60.2 Å². The Bertz CT molecular complexity index is 405. The van der Waals surface area contributed by atoms with Gasteiger partial charge in [0.1, 0.15) is 18.2 Å². The Labute approximate surface area is 107 Å². The first kappa shape index (κ1) is 13.0. The van der Waals surface area contributed by atoms with Crippen LogP contribution in [0.2, 0.25) is 0 Å². The van der Waals surface area contributed by atoms with Gasteiger partial charge in [-0.15, -0.1) is 0 Å². The Morgan fingerprint density at radius 3 is 3.11 bits per heavy atom. The van der Waals surface area contributed by atoms with Gasteiger partial charge < -0.3 is 4.74 Å². The molecule has 1 aliphatic heterocycles. The zero-order valence-electron chi connectivity index (χ0n) is 11.0. The van der Waals surface area contributed by atoms with Gasteiger partial charge >= 0.3 is 5.97 Å². The van der Waals surface area contributed by atoms with E-state index >= 15 is 0 Å². The molecule has 1 saturated heterocycles. The highest BCUT2D eigenvalue weighted by molar-refractivity contribution is 5.76. The van der Waals surface area contributed by atoms with Gasteiger partial charge in [-0.25, -0.2) is 9.67 Å². The van der Waals surface area contributed by atoms with Crippen molar-refractivity contribution in [2.45, 2.75) is 45.8 Å². The van der Waals surface area contributed by atoms with E-state index < -0.39 is 0 Å². The van der Waals surface area contributed by atoms with Crippen molar-refractivity contribution in [3.63, 3.8) is 0 Å². The maximum atomic E-state index is 11.8. The van der Waals surface area contributed by atoms with Crippen LogP contribution in [-0.2, 0) is 22.6 Å². The van der Waals surface area contributed by atoms with Crippen LogP contribution in [0.5, 0.6) is 0 Å². The van der Waals surface area contributed by atoms with Gasteiger partial charge in [0.15, 0.2) is 0 Å². The number of rotatable bonds is 5. The second kappa shape index (κ2) is 5.95. The molecule has 1 aliphatic rings. The number of aromatic nitrogens is 3. The SMILES string of the molecule is CCOC(=O)C1CCCN1Cc1ncnn1CC. The van der Waals surface area contributed by atoms with Gasteiger partial charge in [-0.2, -0.15) is 5.10 Å². The van der Waals surface area contributed by atoms with Crippen molar-refractivity contribution >= 4 is 5.97 Å². The van der Waals surface area contributed by atoms with E-state index in [1.807, 2.05) is 18.5 Å². The molecule has 0 radical (unpaired) electrons. The van der Waals surface area contributed by atoms with Crippen molar-refractivity contribution in [1.82, 2.24) is 19.7 Å². The van der Waals surface area contributed by atoms with Crippen LogP contribution in [-0.4, -0.2) is 44.8 Å². The van der Waals surface area contributed by atoms with Gasteiger partial charge in [-0.3, -0.25) is 9.69 Å². The van der Waals surface area contributed by atoms with Crippen LogP contribution >= 0.6 is 0 Å². The molecular formula is C12H20N4O2. The molecule has 100 valence electrons. The van der Waals surface area contributed by atoms with E-state index in [2.05, 4.69) is 15.0 Å². The lowest BCUT2D eigenvalue weighted by molar-refractivity contribution is -0.148. The summed E-state index contributed by atoms with van der Waals surface area (Å²) in [5.41, 5.74) is 0. The fourth-order valence-electron chi connectivity index (χ4n) is 2.38. The number of hydrogen-bond donors (Lipinski definition) is 0. The largest absolute Gasteiger partial charge is 0.465 e. The van der Waals surface area contributed by atoms with E-state index in [-0.39, 0.29) is 12.0 Å². The number of aryl methyl sites for hydroxylation is 1. The average Bonchev–Trinajstić information content (AvgIpc) is 2.98. The zero-order valence-corrected chi connectivity index (χ0v) is 11.0. The molecule has 1 atom stereocenters. The molecule has 6 nitrogen and oxygen atoms in total. The summed E-state index contributed by atoms with van der Waals surface area (Å²) in [6, 6.07) is -0.119. The summed E-state index contributed by atoms with van der Waals surface area (Å²) in [5.74, 6) is 0.797. The first-order chi connectivity index (χ1) is 8.76. The van der Waals surface area contributed by atoms with E-state index in [9.17, 15) is 4.79 Å². The van der Waals surface area contributed by atoms with Crippen LogP contribution in [0.1, 0.15) is 32.5 Å². The monoisotopic (exact) mass is 252 g/mol. The maximum Gasteiger partial charge on any atom is 0.323 e. The second-order valence-electron chi connectivity index (χ2n) is 4.37. The predicted molar refractivity (Wildman–Crippen MR) is 65.8 cm³/mol. The van der Waals surface area contributed by atoms with Crippen molar-refractivity contribution in [3.8, 4) is 0 Å². The Morgan fingerprint density at radius 1 is 1.56 bits per heavy atom. The number of carbonyl (C=O) groups excluding carboxylic acids is 1. The Kier molecular flexibility index (Phi) is 4.30. The van der Waals surface area contributed by atoms with Crippen molar-refractivity contribution in [3.05, 3.63) is 12.2 Å². The van der Waals surface area contributed by atoms with Crippen molar-refractivity contribution in [2.75, 3.05) is 13.2 Å². The van der Waals surface area contributed by atoms with Crippen LogP contribution in [0, 0.1) is 0 Å². The van der Waals surface area contributed by atoms with Crippen LogP contribution in [0.25, 0.3) is 0 Å². The molecule has 2 rings (SSSR count). The van der Waals surface area contributed by atoms with E-state index in [0.717, 1.165) is 31.8 Å². The molecule has 0 saturated carbocycles. The molecule has 6 heteroatoms. The summed E-state index contributed by atoms with van der Waals surface area (Å²) < 4.78 is 6.97. The van der Waals surface area contributed by atoms with Crippen LogP contribution in [0.4, 0.5) is 0 Å². The lowest BCUT2D eigenvalue weighted by Crippen LogP contribution is -2.37. The van der Waals surface area contributed by atoms with Crippen LogP contribution in [0.3, 0.4) is 0 Å². The summed E-state index contributed by atoms with van der Waals surface area (Å²) in [4.78, 5) is 18.2. The highest BCUT2D eigenvalue weighted by Gasteiger charge is 2.32. The minimum Gasteiger partial charge on any atom is -0.465 e. The normalized spacial score (nSPS) is 20.2. The van der Waals surface area contributed by atoms with Gasteiger partial charge in [0, 0.05) is 6.54 Å². The summed E-state index contributed by atoms with van der Waals surface area (Å²) in [7, 11) is 0. The molecule has 0 spiro atoms. The van der Waals surface area contributed by atoms with Crippen molar-refractivity contribution in [2.24, 2.45) is 0 Å². The van der Waals surface area contributed by atoms with E-state index in [0.29, 0.717) is 13.2 Å². The molecule has 2 heterocycles. The number of ether oxygens (including phenoxy) is 1. The average molecular weight is 252 g/mol. The first-order valence-electron chi connectivity index (χ1n) is 6.53. The Morgan fingerprint density at radius 2 is 2.39 bits per heavy atom. The molecule has 1 fully saturated rings. The fourth-order valence-corrected chi connectivity index (χ4v) is 2.38. The first-order valence-corrected chi connectivity index (χ1v) is 6.53. The van der Waals surface area contributed by atoms with Crippen LogP contribution < -0.4 is 0 Å². The summed E-state index contributed by atoms with van der Waals surface area (Å²) in [6.45, 7) is 6.69. The molecule has 1 unspecified atom stereocenters. The molecule has 0 bridgehead atoms. The number of nitrogens with zero attached hydrogens (tertiary/aromatic N) is 4. The lowest BCUT2D eigenvalue weighted by Gasteiger charge is -2.22. The third-order valence-electron chi connectivity index (χ3n) is 3.26. The Hall–Kier alpha value is -1.43. The fraction of sp³-hybridized carbons (Fsp3) is 0.750. The van der Waals surface area contributed by atoms with Crippen molar-refractivity contribution in [1.29, 1.82) is 0 Å². The number of carbonyl (C=O) groups is 1. The minimum atomic E-state index is -0.119. The summed E-state index contributed by atoms with van der Waals surface area (Å²) in [5, 5.41) is 4.15.